The highest BCUT2D eigenvalue weighted by atomic mass is 16.2. The maximum Gasteiger partial charge on any atom is 0.292 e. The van der Waals surface area contributed by atoms with Crippen molar-refractivity contribution in [3.63, 3.8) is 0 Å². The number of carbonyl (C=O) groups is 10. The lowest BCUT2D eigenvalue weighted by atomic mass is 9.97. The lowest BCUT2D eigenvalue weighted by Crippen LogP contribution is -2.64. The normalized spacial score (nSPS) is 13.8. The van der Waals surface area contributed by atoms with Crippen LogP contribution in [0.15, 0.2) is 42.5 Å². The first-order chi connectivity index (χ1) is 35.5. The van der Waals surface area contributed by atoms with Crippen LogP contribution in [-0.2, 0) is 43.2 Å². The summed E-state index contributed by atoms with van der Waals surface area (Å²) in [7, 11) is 0. The number of tetrazole rings is 1. The highest BCUT2D eigenvalue weighted by Gasteiger charge is 2.38. The Morgan fingerprint density at radius 3 is 1.55 bits per heavy atom. The maximum atomic E-state index is 14.1. The summed E-state index contributed by atoms with van der Waals surface area (Å²) in [6.45, 7) is 23.9. The Bertz CT molecular complexity index is 2320. The summed E-state index contributed by atoms with van der Waals surface area (Å²) < 4.78 is 0. The zero-order chi connectivity index (χ0) is 57.4. The van der Waals surface area contributed by atoms with Crippen molar-refractivity contribution >= 4 is 59.1 Å². The van der Waals surface area contributed by atoms with Gasteiger partial charge in [0, 0.05) is 25.6 Å². The molecule has 1 aromatic carbocycles. The minimum absolute atomic E-state index is 0.0197. The van der Waals surface area contributed by atoms with Crippen LogP contribution in [0.2, 0.25) is 0 Å². The van der Waals surface area contributed by atoms with Gasteiger partial charge in [0.05, 0.1) is 5.69 Å². The molecule has 2 aromatic rings. The minimum atomic E-state index is -1.69. The highest BCUT2D eigenvalue weighted by Crippen LogP contribution is 2.15. The molecular formula is C52H84N14O10. The first kappa shape index (κ1) is 64.8. The molecule has 0 saturated heterocycles. The summed E-state index contributed by atoms with van der Waals surface area (Å²) in [4.78, 5) is 134. The number of hydrogen-bond donors (Lipinski definition) is 10. The first-order valence-electron chi connectivity index (χ1n) is 26.0. The van der Waals surface area contributed by atoms with Gasteiger partial charge in [0.2, 0.25) is 53.2 Å². The second kappa shape index (κ2) is 31.6. The Labute approximate surface area is 446 Å². The van der Waals surface area contributed by atoms with E-state index in [2.05, 4.69) is 69.8 Å². The number of benzene rings is 1. The summed E-state index contributed by atoms with van der Waals surface area (Å²) >= 11 is 0. The number of para-hydroxylation sites is 1. The summed E-state index contributed by atoms with van der Waals surface area (Å²) in [5, 5.41) is 36.2. The van der Waals surface area contributed by atoms with E-state index in [0.29, 0.717) is 36.9 Å². The summed E-state index contributed by atoms with van der Waals surface area (Å²) in [6, 6.07) is 2.08. The molecule has 0 aliphatic heterocycles. The predicted octanol–water partition coefficient (Wildman–Crippen LogP) is 1.14. The second-order valence-electron chi connectivity index (χ2n) is 21.2. The zero-order valence-corrected chi connectivity index (χ0v) is 46.4. The van der Waals surface area contributed by atoms with Crippen LogP contribution in [0.3, 0.4) is 0 Å². The SMILES string of the molecule is C=C(C)C(=O)NCCCCC(NC(=O)C(NC(C)=O)C(C)C)C(=O)NC(CC(C)C)C(=O)NC(C)(C)C(=O)NC(C(=O)NC(CCCCNC(=O)c1nnn(-c2ccccc2)n1)C(=O)NC(CC(C)C)C(N)=O)C(C)C. The van der Waals surface area contributed by atoms with Crippen molar-refractivity contribution in [3.05, 3.63) is 48.3 Å². The van der Waals surface area contributed by atoms with Gasteiger partial charge in [0.25, 0.3) is 11.7 Å². The average Bonchev–Trinajstić information content (AvgIpc) is 3.83. The molecule has 422 valence electrons. The molecule has 0 spiro atoms. The number of amides is 10. The number of aromatic nitrogens is 4. The maximum absolute atomic E-state index is 14.1. The van der Waals surface area contributed by atoms with Gasteiger partial charge in [0.1, 0.15) is 41.8 Å². The summed E-state index contributed by atoms with van der Waals surface area (Å²) in [5.74, 6) is -7.53. The Morgan fingerprint density at radius 2 is 1.08 bits per heavy atom. The van der Waals surface area contributed by atoms with Crippen molar-refractivity contribution in [2.45, 2.75) is 176 Å². The van der Waals surface area contributed by atoms with E-state index in [-0.39, 0.29) is 68.3 Å². The van der Waals surface area contributed by atoms with Crippen LogP contribution in [0.5, 0.6) is 0 Å². The van der Waals surface area contributed by atoms with Gasteiger partial charge >= 0.3 is 0 Å². The van der Waals surface area contributed by atoms with Crippen LogP contribution in [0.4, 0.5) is 0 Å². The van der Waals surface area contributed by atoms with E-state index in [0.717, 1.165) is 0 Å². The number of nitrogens with one attached hydrogen (secondary N) is 9. The molecule has 11 N–H and O–H groups in total. The monoisotopic (exact) mass is 1060 g/mol. The molecule has 24 heteroatoms. The molecule has 76 heavy (non-hydrogen) atoms. The number of unbranched alkanes of at least 4 members (excludes halogenated alkanes) is 2. The van der Waals surface area contributed by atoms with Crippen molar-refractivity contribution in [1.29, 1.82) is 0 Å². The van der Waals surface area contributed by atoms with Crippen LogP contribution in [0, 0.1) is 23.7 Å². The van der Waals surface area contributed by atoms with Gasteiger partial charge < -0.3 is 53.6 Å². The van der Waals surface area contributed by atoms with E-state index in [4.69, 9.17) is 5.73 Å². The van der Waals surface area contributed by atoms with Crippen LogP contribution < -0.4 is 53.6 Å². The molecule has 0 saturated carbocycles. The van der Waals surface area contributed by atoms with E-state index in [1.807, 2.05) is 33.8 Å². The highest BCUT2D eigenvalue weighted by molar-refractivity contribution is 5.99. The average molecular weight is 1070 g/mol. The fourth-order valence-electron chi connectivity index (χ4n) is 7.64. The summed E-state index contributed by atoms with van der Waals surface area (Å²) in [5.41, 5.74) is 4.89. The van der Waals surface area contributed by atoms with Gasteiger partial charge in [-0.25, -0.2) is 0 Å². The minimum Gasteiger partial charge on any atom is -0.368 e. The number of hydrogen-bond acceptors (Lipinski definition) is 13. The van der Waals surface area contributed by atoms with Gasteiger partial charge in [-0.15, -0.1) is 15.0 Å². The summed E-state index contributed by atoms with van der Waals surface area (Å²) in [6.07, 6.45) is 1.99. The molecule has 2 rings (SSSR count). The molecule has 24 nitrogen and oxygen atoms in total. The molecule has 1 heterocycles. The Balaban J connectivity index is 2.27. The second-order valence-corrected chi connectivity index (χ2v) is 21.2. The number of primary amides is 1. The lowest BCUT2D eigenvalue weighted by Gasteiger charge is -2.32. The smallest absolute Gasteiger partial charge is 0.292 e. The van der Waals surface area contributed by atoms with Crippen LogP contribution >= 0.6 is 0 Å². The topological polar surface area (TPSA) is 349 Å². The number of nitrogens with two attached hydrogens (primary N) is 1. The third-order valence-electron chi connectivity index (χ3n) is 11.9. The van der Waals surface area contributed by atoms with Crippen molar-refractivity contribution < 1.29 is 47.9 Å². The molecule has 0 bridgehead atoms. The molecule has 6 atom stereocenters. The van der Waals surface area contributed by atoms with Gasteiger partial charge in [-0.2, -0.15) is 0 Å². The third kappa shape index (κ3) is 22.7. The van der Waals surface area contributed by atoms with E-state index < -0.39 is 101 Å². The fourth-order valence-corrected chi connectivity index (χ4v) is 7.64. The molecule has 0 fully saturated rings. The van der Waals surface area contributed by atoms with Crippen LogP contribution in [0.1, 0.15) is 145 Å². The van der Waals surface area contributed by atoms with E-state index in [1.54, 1.807) is 58.9 Å². The van der Waals surface area contributed by atoms with Crippen molar-refractivity contribution in [2.24, 2.45) is 29.4 Å². The Morgan fingerprint density at radius 1 is 0.605 bits per heavy atom. The molecule has 10 amide bonds. The molecule has 0 aliphatic carbocycles. The third-order valence-corrected chi connectivity index (χ3v) is 11.9. The van der Waals surface area contributed by atoms with Crippen LogP contribution in [0.25, 0.3) is 5.69 Å². The molecule has 0 radical (unpaired) electrons. The van der Waals surface area contributed by atoms with Gasteiger partial charge in [0.15, 0.2) is 0 Å². The largest absolute Gasteiger partial charge is 0.368 e. The zero-order valence-electron chi connectivity index (χ0n) is 46.4. The van der Waals surface area contributed by atoms with E-state index in [1.165, 1.54) is 25.6 Å². The number of nitrogens with zero attached hydrogens (tertiary/aromatic N) is 4. The van der Waals surface area contributed by atoms with Crippen molar-refractivity contribution in [2.75, 3.05) is 13.1 Å². The van der Waals surface area contributed by atoms with Crippen molar-refractivity contribution in [3.8, 4) is 5.69 Å². The molecule has 1 aromatic heterocycles. The first-order valence-corrected chi connectivity index (χ1v) is 26.0. The van der Waals surface area contributed by atoms with Crippen LogP contribution in [-0.4, -0.2) is 134 Å². The predicted molar refractivity (Wildman–Crippen MR) is 284 cm³/mol. The molecule has 0 aliphatic rings. The quantitative estimate of drug-likeness (QED) is 0.0355. The number of rotatable bonds is 33. The van der Waals surface area contributed by atoms with Gasteiger partial charge in [-0.05, 0) is 113 Å². The number of carbonyl (C=O) groups excluding carboxylic acids is 10. The lowest BCUT2D eigenvalue weighted by molar-refractivity contribution is -0.138. The Kier molecular flexibility index (Phi) is 26.9. The fraction of sp³-hybridized carbons (Fsp3) is 0.635. The Hall–Kier alpha value is -7.27. The van der Waals surface area contributed by atoms with E-state index in [9.17, 15) is 47.9 Å². The molecule has 6 unspecified atom stereocenters. The van der Waals surface area contributed by atoms with Gasteiger partial charge in [-0.1, -0.05) is 80.2 Å². The van der Waals surface area contributed by atoms with Crippen molar-refractivity contribution in [1.82, 2.24) is 68.1 Å². The van der Waals surface area contributed by atoms with E-state index >= 15 is 0 Å². The molecular weight excluding hydrogens is 981 g/mol. The standard InChI is InChI=1S/C52H84N14O10/c1-29(2)27-38(42(53)68)59-45(70)36(23-18-20-26-55-50(75)43-63-65-66(64-43)35-21-15-14-16-22-35)58-49(74)41(32(7)8)61-51(76)52(12,13)62-47(72)39(28-30(3)4)60-46(71)37(24-17-19-25-54-44(69)33(9)10)57-48(73)40(31(5)6)56-34(11)67/h14-16,21-22,29-32,36-41H,9,17-20,23-28H2,1-8,10-13H3,(H2,53,68)(H,54,69)(H,55,75)(H,56,67)(H,57,73)(H,58,74)(H,59,70)(H,60,71)(H,61,76)(H,62,72). The van der Waals surface area contributed by atoms with Gasteiger partial charge in [-0.3, -0.25) is 47.9 Å².